The van der Waals surface area contributed by atoms with E-state index < -0.39 is 0 Å². The Kier molecular flexibility index (Phi) is 4.83. The average Bonchev–Trinajstić information content (AvgIpc) is 2.85. The predicted octanol–water partition coefficient (Wildman–Crippen LogP) is 2.84. The molecule has 3 rings (SSSR count). The molecule has 1 aliphatic rings. The van der Waals surface area contributed by atoms with Crippen molar-refractivity contribution in [3.05, 3.63) is 40.0 Å². The Balaban J connectivity index is 1.86. The van der Waals surface area contributed by atoms with Gasteiger partial charge in [-0.15, -0.1) is 16.9 Å². The largest absolute Gasteiger partial charge is 0.316 e. The van der Waals surface area contributed by atoms with E-state index in [1.807, 2.05) is 13.1 Å². The zero-order chi connectivity index (χ0) is 14.7. The number of benzene rings is 1. The van der Waals surface area contributed by atoms with Crippen LogP contribution in [0.4, 0.5) is 0 Å². The Bertz CT molecular complexity index is 626. The molecule has 2 aromatic rings. The molecule has 1 aliphatic heterocycles. The second-order valence-electron chi connectivity index (χ2n) is 5.25. The number of aryl methyl sites for hydroxylation is 1. The molecule has 2 heterocycles. The Morgan fingerprint density at radius 1 is 1.33 bits per heavy atom. The van der Waals surface area contributed by atoms with E-state index in [1.165, 1.54) is 16.7 Å². The van der Waals surface area contributed by atoms with Gasteiger partial charge >= 0.3 is 0 Å². The van der Waals surface area contributed by atoms with Gasteiger partial charge in [0.05, 0.1) is 6.20 Å². The van der Waals surface area contributed by atoms with Crippen molar-refractivity contribution in [2.45, 2.75) is 30.0 Å². The molecular formula is C15H19ClN4S. The quantitative estimate of drug-likeness (QED) is 0.882. The van der Waals surface area contributed by atoms with E-state index in [1.54, 1.807) is 22.6 Å². The van der Waals surface area contributed by atoms with Gasteiger partial charge in [0.25, 0.3) is 0 Å². The van der Waals surface area contributed by atoms with Crippen LogP contribution in [-0.4, -0.2) is 28.1 Å². The van der Waals surface area contributed by atoms with Crippen molar-refractivity contribution in [2.75, 3.05) is 13.1 Å². The van der Waals surface area contributed by atoms with Crippen LogP contribution in [0.2, 0.25) is 5.02 Å². The van der Waals surface area contributed by atoms with Crippen LogP contribution in [0.25, 0.3) is 0 Å². The molecule has 4 nitrogen and oxygen atoms in total. The molecule has 1 aromatic carbocycles. The Morgan fingerprint density at radius 2 is 2.24 bits per heavy atom. The number of thioether (sulfide) groups is 1. The molecule has 0 unspecified atom stereocenters. The van der Waals surface area contributed by atoms with Crippen molar-refractivity contribution in [1.29, 1.82) is 0 Å². The molecule has 1 N–H and O–H groups in total. The maximum absolute atomic E-state index is 6.47. The maximum Gasteiger partial charge on any atom is 0.114 e. The van der Waals surface area contributed by atoms with Gasteiger partial charge in [0.1, 0.15) is 5.03 Å². The van der Waals surface area contributed by atoms with Gasteiger partial charge < -0.3 is 5.32 Å². The van der Waals surface area contributed by atoms with E-state index in [2.05, 4.69) is 21.7 Å². The summed E-state index contributed by atoms with van der Waals surface area (Å²) in [5.74, 6) is 0.872. The molecule has 0 bridgehead atoms. The molecular weight excluding hydrogens is 304 g/mol. The van der Waals surface area contributed by atoms with Gasteiger partial charge in [-0.25, -0.2) is 4.68 Å². The monoisotopic (exact) mass is 322 g/mol. The third-order valence-electron chi connectivity index (χ3n) is 3.86. The molecule has 0 atom stereocenters. The van der Waals surface area contributed by atoms with E-state index in [0.29, 0.717) is 0 Å². The van der Waals surface area contributed by atoms with Crippen LogP contribution in [0.15, 0.2) is 23.4 Å². The van der Waals surface area contributed by atoms with Gasteiger partial charge in [-0.05, 0) is 55.1 Å². The fraction of sp³-hybridized carbons (Fsp3) is 0.467. The number of aromatic nitrogens is 3. The van der Waals surface area contributed by atoms with Crippen LogP contribution in [0, 0.1) is 0 Å². The van der Waals surface area contributed by atoms with Gasteiger partial charge in [-0.1, -0.05) is 22.9 Å². The number of halogens is 1. The van der Waals surface area contributed by atoms with Crippen LogP contribution in [0.1, 0.15) is 23.1 Å². The highest BCUT2D eigenvalue weighted by Crippen LogP contribution is 2.31. The van der Waals surface area contributed by atoms with E-state index in [0.717, 1.165) is 48.2 Å². The van der Waals surface area contributed by atoms with Crippen molar-refractivity contribution in [3.63, 3.8) is 0 Å². The molecule has 6 heteroatoms. The number of hydrogen-bond donors (Lipinski definition) is 1. The summed E-state index contributed by atoms with van der Waals surface area (Å²) in [5.41, 5.74) is 4.17. The Labute approximate surface area is 134 Å². The molecule has 0 amide bonds. The van der Waals surface area contributed by atoms with Gasteiger partial charge in [0.15, 0.2) is 0 Å². The zero-order valence-electron chi connectivity index (χ0n) is 12.1. The summed E-state index contributed by atoms with van der Waals surface area (Å²) < 4.78 is 1.80. The molecule has 0 radical (unpaired) electrons. The molecule has 1 aromatic heterocycles. The highest BCUT2D eigenvalue weighted by molar-refractivity contribution is 7.98. The maximum atomic E-state index is 6.47. The van der Waals surface area contributed by atoms with Crippen molar-refractivity contribution in [3.8, 4) is 0 Å². The number of fused-ring (bicyclic) bond motifs is 1. The molecule has 0 saturated heterocycles. The SMILES string of the molecule is Cn1nncc1SCc1c(Cl)ccc2c1CCCNCC2. The third kappa shape index (κ3) is 3.42. The standard InChI is InChI=1S/C15H19ClN4S/c1-20-15(9-18-19-20)21-10-13-12-3-2-7-17-8-6-11(12)4-5-14(13)16/h4-5,9,17H,2-3,6-8,10H2,1H3. The summed E-state index contributed by atoms with van der Waals surface area (Å²) in [6.45, 7) is 2.14. The third-order valence-corrected chi connectivity index (χ3v) is 5.31. The highest BCUT2D eigenvalue weighted by Gasteiger charge is 2.15. The summed E-state index contributed by atoms with van der Waals surface area (Å²) in [6.07, 6.45) is 5.15. The highest BCUT2D eigenvalue weighted by atomic mass is 35.5. The molecule has 0 aliphatic carbocycles. The normalized spacial score (nSPS) is 15.3. The van der Waals surface area contributed by atoms with Crippen LogP contribution in [-0.2, 0) is 25.6 Å². The molecule has 112 valence electrons. The molecule has 21 heavy (non-hydrogen) atoms. The average molecular weight is 323 g/mol. The summed E-state index contributed by atoms with van der Waals surface area (Å²) in [6, 6.07) is 4.23. The Morgan fingerprint density at radius 3 is 3.05 bits per heavy atom. The first-order chi connectivity index (χ1) is 10.3. The lowest BCUT2D eigenvalue weighted by atomic mass is 9.94. The number of nitrogens with one attached hydrogen (secondary N) is 1. The van der Waals surface area contributed by atoms with Crippen molar-refractivity contribution >= 4 is 23.4 Å². The first-order valence-electron chi connectivity index (χ1n) is 7.23. The predicted molar refractivity (Wildman–Crippen MR) is 86.9 cm³/mol. The van der Waals surface area contributed by atoms with Gasteiger partial charge in [-0.2, -0.15) is 0 Å². The lowest BCUT2D eigenvalue weighted by molar-refractivity contribution is 0.624. The minimum absolute atomic E-state index is 0.872. The summed E-state index contributed by atoms with van der Waals surface area (Å²) in [4.78, 5) is 0. The second-order valence-corrected chi connectivity index (χ2v) is 6.65. The lowest BCUT2D eigenvalue weighted by Gasteiger charge is -2.19. The smallest absolute Gasteiger partial charge is 0.114 e. The fourth-order valence-electron chi connectivity index (χ4n) is 2.71. The van der Waals surface area contributed by atoms with Crippen LogP contribution >= 0.6 is 23.4 Å². The van der Waals surface area contributed by atoms with Crippen LogP contribution < -0.4 is 5.32 Å². The minimum Gasteiger partial charge on any atom is -0.316 e. The van der Waals surface area contributed by atoms with Crippen LogP contribution in [0.5, 0.6) is 0 Å². The molecule has 0 fully saturated rings. The second kappa shape index (κ2) is 6.81. The molecule has 0 saturated carbocycles. The number of rotatable bonds is 3. The summed E-state index contributed by atoms with van der Waals surface area (Å²) in [5, 5.41) is 13.3. The van der Waals surface area contributed by atoms with E-state index in [9.17, 15) is 0 Å². The van der Waals surface area contributed by atoms with Gasteiger partial charge in [0.2, 0.25) is 0 Å². The fourth-order valence-corrected chi connectivity index (χ4v) is 4.00. The van der Waals surface area contributed by atoms with Crippen molar-refractivity contribution in [1.82, 2.24) is 20.3 Å². The first kappa shape index (κ1) is 14.9. The van der Waals surface area contributed by atoms with Crippen molar-refractivity contribution in [2.24, 2.45) is 7.05 Å². The minimum atomic E-state index is 0.872. The summed E-state index contributed by atoms with van der Waals surface area (Å²) >= 11 is 8.21. The topological polar surface area (TPSA) is 42.7 Å². The zero-order valence-corrected chi connectivity index (χ0v) is 13.7. The lowest BCUT2D eigenvalue weighted by Crippen LogP contribution is -2.22. The Hall–Kier alpha value is -1.04. The van der Waals surface area contributed by atoms with E-state index in [-0.39, 0.29) is 0 Å². The van der Waals surface area contributed by atoms with E-state index in [4.69, 9.17) is 11.6 Å². The van der Waals surface area contributed by atoms with Crippen molar-refractivity contribution < 1.29 is 0 Å². The van der Waals surface area contributed by atoms with Gasteiger partial charge in [0, 0.05) is 17.8 Å². The van der Waals surface area contributed by atoms with E-state index >= 15 is 0 Å². The number of nitrogens with zero attached hydrogens (tertiary/aromatic N) is 3. The van der Waals surface area contributed by atoms with Gasteiger partial charge in [-0.3, -0.25) is 0 Å². The molecule has 0 spiro atoms. The summed E-state index contributed by atoms with van der Waals surface area (Å²) in [7, 11) is 1.91. The number of hydrogen-bond acceptors (Lipinski definition) is 4. The first-order valence-corrected chi connectivity index (χ1v) is 8.59. The van der Waals surface area contributed by atoms with Crippen LogP contribution in [0.3, 0.4) is 0 Å².